The number of halogens is 2. The highest BCUT2D eigenvalue weighted by Crippen LogP contribution is 2.30. The summed E-state index contributed by atoms with van der Waals surface area (Å²) in [6.45, 7) is 0.279. The first-order valence-electron chi connectivity index (χ1n) is 8.02. The van der Waals surface area contributed by atoms with Crippen molar-refractivity contribution in [3.8, 4) is 0 Å². The number of carbonyl (C=O) groups is 2. The molecule has 0 amide bonds. The highest BCUT2D eigenvalue weighted by Gasteiger charge is 2.29. The van der Waals surface area contributed by atoms with Crippen molar-refractivity contribution in [1.29, 1.82) is 0 Å². The van der Waals surface area contributed by atoms with Gasteiger partial charge in [-0.2, -0.15) is 11.8 Å². The summed E-state index contributed by atoms with van der Waals surface area (Å²) in [7, 11) is 0. The fraction of sp³-hybridized carbons (Fsp3) is 0.263. The molecule has 0 aromatic heterocycles. The summed E-state index contributed by atoms with van der Waals surface area (Å²) >= 11 is 13.3. The van der Waals surface area contributed by atoms with Crippen LogP contribution in [0, 0.1) is 0 Å². The zero-order valence-corrected chi connectivity index (χ0v) is 16.0. The second-order valence-corrected chi connectivity index (χ2v) is 8.04. The van der Waals surface area contributed by atoms with Crippen LogP contribution in [0.1, 0.15) is 27.1 Å². The third-order valence-corrected chi connectivity index (χ3v) is 5.75. The smallest absolute Gasteiger partial charge is 0.338 e. The molecule has 0 saturated carbocycles. The first-order chi connectivity index (χ1) is 12.5. The number of hydrogen-bond donors (Lipinski definition) is 0. The van der Waals surface area contributed by atoms with Crippen LogP contribution in [0.2, 0.25) is 10.0 Å². The lowest BCUT2D eigenvalue weighted by atomic mass is 10.2. The molecule has 2 aromatic rings. The van der Waals surface area contributed by atoms with Gasteiger partial charge < -0.3 is 9.47 Å². The van der Waals surface area contributed by atoms with Crippen LogP contribution in [-0.2, 0) is 9.47 Å². The van der Waals surface area contributed by atoms with Crippen LogP contribution in [0.25, 0.3) is 0 Å². The summed E-state index contributed by atoms with van der Waals surface area (Å²) in [5, 5.41) is 1.24. The second-order valence-electron chi connectivity index (χ2n) is 5.83. The zero-order valence-electron chi connectivity index (χ0n) is 13.7. The molecule has 0 radical (unpaired) electrons. The van der Waals surface area contributed by atoms with E-state index in [9.17, 15) is 9.59 Å². The summed E-state index contributed by atoms with van der Waals surface area (Å²) < 4.78 is 10.9. The fourth-order valence-corrected chi connectivity index (χ4v) is 3.97. The minimum absolute atomic E-state index is 0.106. The third-order valence-electron chi connectivity index (χ3n) is 3.88. The van der Waals surface area contributed by atoms with Crippen LogP contribution in [0.3, 0.4) is 0 Å². The van der Waals surface area contributed by atoms with Gasteiger partial charge in [-0.15, -0.1) is 0 Å². The highest BCUT2D eigenvalue weighted by molar-refractivity contribution is 8.00. The molecule has 1 heterocycles. The van der Waals surface area contributed by atoms with Gasteiger partial charge >= 0.3 is 11.9 Å². The van der Waals surface area contributed by atoms with Crippen LogP contribution in [0.4, 0.5) is 0 Å². The van der Waals surface area contributed by atoms with Gasteiger partial charge in [0.1, 0.15) is 12.7 Å². The minimum atomic E-state index is -0.385. The molecule has 1 aliphatic rings. The van der Waals surface area contributed by atoms with Gasteiger partial charge in [-0.1, -0.05) is 23.2 Å². The molecule has 26 heavy (non-hydrogen) atoms. The van der Waals surface area contributed by atoms with Crippen LogP contribution < -0.4 is 0 Å². The maximum atomic E-state index is 12.1. The van der Waals surface area contributed by atoms with Crippen molar-refractivity contribution in [3.63, 3.8) is 0 Å². The maximum absolute atomic E-state index is 12.1. The van der Waals surface area contributed by atoms with Crippen LogP contribution in [0.15, 0.2) is 48.5 Å². The van der Waals surface area contributed by atoms with Gasteiger partial charge in [0.05, 0.1) is 11.1 Å². The quantitative estimate of drug-likeness (QED) is 0.657. The van der Waals surface area contributed by atoms with E-state index >= 15 is 0 Å². The molecule has 1 fully saturated rings. The van der Waals surface area contributed by atoms with Crippen LogP contribution >= 0.6 is 35.0 Å². The molecular weight excluding hydrogens is 395 g/mol. The van der Waals surface area contributed by atoms with E-state index in [0.29, 0.717) is 33.3 Å². The van der Waals surface area contributed by atoms with Crippen LogP contribution in [-0.4, -0.2) is 35.7 Å². The Morgan fingerprint density at radius 1 is 0.923 bits per heavy atom. The molecule has 0 bridgehead atoms. The lowest BCUT2D eigenvalue weighted by Crippen LogP contribution is -2.20. The van der Waals surface area contributed by atoms with Gasteiger partial charge in [-0.25, -0.2) is 9.59 Å². The van der Waals surface area contributed by atoms with Gasteiger partial charge in [0.15, 0.2) is 0 Å². The Kier molecular flexibility index (Phi) is 6.46. The summed E-state index contributed by atoms with van der Waals surface area (Å²) in [5.74, 6) is -0.0716. The van der Waals surface area contributed by atoms with Crippen molar-refractivity contribution >= 4 is 46.9 Å². The molecule has 4 nitrogen and oxygen atoms in total. The monoisotopic (exact) mass is 410 g/mol. The molecule has 0 aliphatic carbocycles. The number of benzene rings is 2. The highest BCUT2D eigenvalue weighted by atomic mass is 35.5. The molecule has 0 spiro atoms. The molecule has 2 atom stereocenters. The third kappa shape index (κ3) is 5.16. The summed E-state index contributed by atoms with van der Waals surface area (Å²) in [6, 6.07) is 13.1. The number of esters is 2. The van der Waals surface area contributed by atoms with Crippen molar-refractivity contribution < 1.29 is 19.1 Å². The molecule has 2 aromatic carbocycles. The molecule has 7 heteroatoms. The number of ether oxygens (including phenoxy) is 2. The van der Waals surface area contributed by atoms with E-state index in [0.717, 1.165) is 0 Å². The minimum Gasteiger partial charge on any atom is -0.461 e. The molecule has 3 rings (SSSR count). The SMILES string of the molecule is O=C(OC[C@H]1CC(OC(=O)c2ccc(Cl)cc2)CS1)c1ccc(Cl)cc1. The Morgan fingerprint density at radius 2 is 1.46 bits per heavy atom. The molecule has 1 aliphatic heterocycles. The standard InChI is InChI=1S/C19H16Cl2O4S/c20-14-5-1-12(2-6-14)18(22)24-10-17-9-16(11-26-17)25-19(23)13-3-7-15(21)8-4-13/h1-8,16-17H,9-11H2/t16?,17-/m1/s1. The average Bonchev–Trinajstić information content (AvgIpc) is 3.08. The van der Waals surface area contributed by atoms with Gasteiger partial charge in [-0.05, 0) is 48.5 Å². The maximum Gasteiger partial charge on any atom is 0.338 e. The number of thioether (sulfide) groups is 1. The molecule has 1 saturated heterocycles. The van der Waals surface area contributed by atoms with Crippen molar-refractivity contribution in [3.05, 3.63) is 69.7 Å². The summed E-state index contributed by atoms with van der Waals surface area (Å²) in [4.78, 5) is 24.1. The largest absolute Gasteiger partial charge is 0.461 e. The Morgan fingerprint density at radius 3 is 2.04 bits per heavy atom. The molecule has 1 unspecified atom stereocenters. The zero-order chi connectivity index (χ0) is 18.5. The first-order valence-corrected chi connectivity index (χ1v) is 9.82. The second kappa shape index (κ2) is 8.80. The molecule has 0 N–H and O–H groups in total. The molecular formula is C19H16Cl2O4S. The van der Waals surface area contributed by atoms with E-state index in [1.165, 1.54) is 0 Å². The van der Waals surface area contributed by atoms with Crippen LogP contribution in [0.5, 0.6) is 0 Å². The Hall–Kier alpha value is -1.69. The Balaban J connectivity index is 1.45. The topological polar surface area (TPSA) is 52.6 Å². The Labute approximate surface area is 165 Å². The van der Waals surface area contributed by atoms with E-state index in [1.807, 2.05) is 0 Å². The van der Waals surface area contributed by atoms with Gasteiger partial charge in [-0.3, -0.25) is 0 Å². The summed E-state index contributed by atoms with van der Waals surface area (Å²) in [6.07, 6.45) is 0.458. The van der Waals surface area contributed by atoms with Crippen molar-refractivity contribution in [1.82, 2.24) is 0 Å². The predicted molar refractivity (Wildman–Crippen MR) is 103 cm³/mol. The number of hydrogen-bond acceptors (Lipinski definition) is 5. The van der Waals surface area contributed by atoms with Crippen molar-refractivity contribution in [2.45, 2.75) is 17.8 Å². The first kappa shape index (κ1) is 19.1. The van der Waals surface area contributed by atoms with E-state index in [1.54, 1.807) is 60.3 Å². The normalized spacial score (nSPS) is 19.2. The van der Waals surface area contributed by atoms with Gasteiger partial charge in [0.2, 0.25) is 0 Å². The predicted octanol–water partition coefficient (Wildman–Crippen LogP) is 4.88. The van der Waals surface area contributed by atoms with E-state index < -0.39 is 0 Å². The van der Waals surface area contributed by atoms with Gasteiger partial charge in [0.25, 0.3) is 0 Å². The number of carbonyl (C=O) groups excluding carboxylic acids is 2. The van der Waals surface area contributed by atoms with Crippen molar-refractivity contribution in [2.24, 2.45) is 0 Å². The number of rotatable bonds is 5. The van der Waals surface area contributed by atoms with E-state index in [2.05, 4.69) is 0 Å². The van der Waals surface area contributed by atoms with Gasteiger partial charge in [0, 0.05) is 27.5 Å². The fourth-order valence-electron chi connectivity index (χ4n) is 2.51. The lowest BCUT2D eigenvalue weighted by Gasteiger charge is -2.12. The summed E-state index contributed by atoms with van der Waals surface area (Å²) in [5.41, 5.74) is 0.931. The average molecular weight is 411 g/mol. The lowest BCUT2D eigenvalue weighted by molar-refractivity contribution is 0.0317. The molecule has 136 valence electrons. The van der Waals surface area contributed by atoms with E-state index in [-0.39, 0.29) is 29.9 Å². The van der Waals surface area contributed by atoms with Crippen molar-refractivity contribution in [2.75, 3.05) is 12.4 Å². The Bertz CT molecular complexity index is 777. The van der Waals surface area contributed by atoms with E-state index in [4.69, 9.17) is 32.7 Å².